The fourth-order valence-corrected chi connectivity index (χ4v) is 3.60. The molecule has 0 unspecified atom stereocenters. The Labute approximate surface area is 181 Å². The predicted octanol–water partition coefficient (Wildman–Crippen LogP) is 4.75. The van der Waals surface area contributed by atoms with Crippen LogP contribution in [-0.2, 0) is 4.74 Å². The maximum Gasteiger partial charge on any atom is 0.260 e. The van der Waals surface area contributed by atoms with Crippen LogP contribution in [0.15, 0.2) is 47.1 Å². The summed E-state index contributed by atoms with van der Waals surface area (Å²) in [6.07, 6.45) is 2.87. The third kappa shape index (κ3) is 3.64. The number of halogens is 2. The van der Waals surface area contributed by atoms with Gasteiger partial charge < -0.3 is 14.5 Å². The van der Waals surface area contributed by atoms with Crippen molar-refractivity contribution in [3.8, 4) is 11.3 Å². The van der Waals surface area contributed by atoms with Crippen LogP contribution in [0.1, 0.15) is 27.7 Å². The number of hydrogen-bond donors (Lipinski definition) is 1. The van der Waals surface area contributed by atoms with Crippen molar-refractivity contribution in [2.75, 3.05) is 18.5 Å². The van der Waals surface area contributed by atoms with Gasteiger partial charge >= 0.3 is 0 Å². The lowest BCUT2D eigenvalue weighted by molar-refractivity contribution is -0.00172. The number of oxazole rings is 1. The normalized spacial score (nSPS) is 13.9. The minimum Gasteiger partial charge on any atom is -0.440 e. The number of anilines is 1. The molecule has 1 amide bonds. The number of nitrogens with zero attached hydrogens (tertiary/aromatic N) is 3. The van der Waals surface area contributed by atoms with Crippen molar-refractivity contribution >= 4 is 34.4 Å². The Balaban J connectivity index is 1.40. The molecule has 1 aliphatic rings. The monoisotopic (exact) mass is 438 g/mol. The van der Waals surface area contributed by atoms with E-state index in [1.54, 1.807) is 31.2 Å². The Morgan fingerprint density at radius 1 is 1.23 bits per heavy atom. The second kappa shape index (κ2) is 7.72. The van der Waals surface area contributed by atoms with Crippen molar-refractivity contribution in [1.82, 2.24) is 15.0 Å². The number of rotatable bonds is 4. The first kappa shape index (κ1) is 19.6. The molecule has 1 N–H and O–H groups in total. The maximum absolute atomic E-state index is 14.0. The highest BCUT2D eigenvalue weighted by Crippen LogP contribution is 2.33. The second-order valence-corrected chi connectivity index (χ2v) is 7.67. The molecule has 9 heteroatoms. The highest BCUT2D eigenvalue weighted by atomic mass is 35.5. The highest BCUT2D eigenvalue weighted by molar-refractivity contribution is 6.34. The van der Waals surface area contributed by atoms with E-state index in [1.807, 2.05) is 0 Å². The molecule has 1 aliphatic heterocycles. The molecule has 156 valence electrons. The minimum absolute atomic E-state index is 0.0279. The molecule has 0 saturated carbocycles. The van der Waals surface area contributed by atoms with E-state index >= 15 is 0 Å². The molecule has 3 heterocycles. The Morgan fingerprint density at radius 2 is 2.06 bits per heavy atom. The van der Waals surface area contributed by atoms with Gasteiger partial charge in [-0.1, -0.05) is 23.7 Å². The van der Waals surface area contributed by atoms with Crippen molar-refractivity contribution in [2.45, 2.75) is 12.8 Å². The van der Waals surface area contributed by atoms with Crippen molar-refractivity contribution in [3.63, 3.8) is 0 Å². The van der Waals surface area contributed by atoms with E-state index in [9.17, 15) is 9.18 Å². The lowest BCUT2D eigenvalue weighted by Gasteiger charge is -2.22. The maximum atomic E-state index is 14.0. The topological polar surface area (TPSA) is 90.1 Å². The summed E-state index contributed by atoms with van der Waals surface area (Å²) in [6.45, 7) is 2.86. The van der Waals surface area contributed by atoms with Gasteiger partial charge in [-0.15, -0.1) is 0 Å². The molecule has 1 saturated heterocycles. The third-order valence-corrected chi connectivity index (χ3v) is 5.41. The fourth-order valence-electron chi connectivity index (χ4n) is 3.35. The van der Waals surface area contributed by atoms with Crippen LogP contribution in [0.3, 0.4) is 0 Å². The summed E-state index contributed by atoms with van der Waals surface area (Å²) in [7, 11) is 0. The number of hydrogen-bond acceptors (Lipinski definition) is 6. The zero-order valence-corrected chi connectivity index (χ0v) is 17.1. The summed E-state index contributed by atoms with van der Waals surface area (Å²) in [5.41, 5.74) is 2.87. The number of aryl methyl sites for hydroxylation is 1. The number of aromatic nitrogens is 3. The minimum atomic E-state index is -0.595. The number of benzene rings is 2. The van der Waals surface area contributed by atoms with Crippen LogP contribution >= 0.6 is 11.6 Å². The first-order chi connectivity index (χ1) is 15.0. The second-order valence-electron chi connectivity index (χ2n) is 7.26. The third-order valence-electron chi connectivity index (χ3n) is 5.10. The quantitative estimate of drug-likeness (QED) is 0.494. The first-order valence-corrected chi connectivity index (χ1v) is 9.94. The highest BCUT2D eigenvalue weighted by Gasteiger charge is 2.26. The van der Waals surface area contributed by atoms with E-state index < -0.39 is 11.7 Å². The molecule has 7 nitrogen and oxygen atoms in total. The van der Waals surface area contributed by atoms with Gasteiger partial charge in [-0.05, 0) is 30.7 Å². The molecule has 0 spiro atoms. The standard InChI is InChI=1S/C22H16ClFN4O3/c1-11-3-2-4-15(24)20(11)21(29)28-19-8-25-17(7-26-19)13-5-18-16(6-14(13)23)27-22(31-18)12-9-30-10-12/h2-8,12H,9-10H2,1H3,(H,26,28,29). The van der Waals surface area contributed by atoms with E-state index in [4.69, 9.17) is 20.8 Å². The Hall–Kier alpha value is -3.36. The summed E-state index contributed by atoms with van der Waals surface area (Å²) in [4.78, 5) is 25.5. The summed E-state index contributed by atoms with van der Waals surface area (Å²) in [6, 6.07) is 7.93. The van der Waals surface area contributed by atoms with Crippen LogP contribution < -0.4 is 5.32 Å². The summed E-state index contributed by atoms with van der Waals surface area (Å²) >= 11 is 6.43. The number of fused-ring (bicyclic) bond motifs is 1. The zero-order valence-electron chi connectivity index (χ0n) is 16.4. The Kier molecular flexibility index (Phi) is 4.88. The van der Waals surface area contributed by atoms with Crippen molar-refractivity contribution in [3.05, 3.63) is 70.6 Å². The molecule has 31 heavy (non-hydrogen) atoms. The molecule has 4 aromatic rings. The zero-order chi connectivity index (χ0) is 21.5. The number of nitrogens with one attached hydrogen (secondary N) is 1. The van der Waals surface area contributed by atoms with Gasteiger partial charge in [0.1, 0.15) is 11.3 Å². The summed E-state index contributed by atoms with van der Waals surface area (Å²) < 4.78 is 25.0. The lowest BCUT2D eigenvalue weighted by atomic mass is 10.1. The predicted molar refractivity (Wildman–Crippen MR) is 113 cm³/mol. The average molecular weight is 439 g/mol. The average Bonchev–Trinajstić information content (AvgIpc) is 3.08. The van der Waals surface area contributed by atoms with Gasteiger partial charge in [0.05, 0.1) is 47.8 Å². The van der Waals surface area contributed by atoms with E-state index in [0.717, 1.165) is 0 Å². The van der Waals surface area contributed by atoms with Crippen LogP contribution in [0, 0.1) is 12.7 Å². The van der Waals surface area contributed by atoms with Gasteiger partial charge in [-0.2, -0.15) is 0 Å². The smallest absolute Gasteiger partial charge is 0.260 e. The van der Waals surface area contributed by atoms with Gasteiger partial charge in [-0.3, -0.25) is 9.78 Å². The van der Waals surface area contributed by atoms with Crippen LogP contribution in [0.2, 0.25) is 5.02 Å². The first-order valence-electron chi connectivity index (χ1n) is 9.56. The summed E-state index contributed by atoms with van der Waals surface area (Å²) in [5.74, 6) is -0.202. The molecule has 5 rings (SSSR count). The van der Waals surface area contributed by atoms with E-state index in [0.29, 0.717) is 52.0 Å². The van der Waals surface area contributed by atoms with Gasteiger partial charge in [0, 0.05) is 5.56 Å². The Morgan fingerprint density at radius 3 is 2.74 bits per heavy atom. The fraction of sp³-hybridized carbons (Fsp3) is 0.182. The molecule has 0 aliphatic carbocycles. The van der Waals surface area contributed by atoms with Crippen molar-refractivity contribution in [2.24, 2.45) is 0 Å². The summed E-state index contributed by atoms with van der Waals surface area (Å²) in [5, 5.41) is 3.01. The molecular weight excluding hydrogens is 423 g/mol. The van der Waals surface area contributed by atoms with Crippen molar-refractivity contribution < 1.29 is 18.3 Å². The van der Waals surface area contributed by atoms with Crippen LogP contribution in [0.4, 0.5) is 10.2 Å². The molecule has 2 aromatic heterocycles. The van der Waals surface area contributed by atoms with Crippen LogP contribution in [0.25, 0.3) is 22.4 Å². The number of ether oxygens (including phenoxy) is 1. The van der Waals surface area contributed by atoms with Crippen LogP contribution in [-0.4, -0.2) is 34.1 Å². The lowest BCUT2D eigenvalue weighted by Crippen LogP contribution is -2.25. The molecule has 0 radical (unpaired) electrons. The molecule has 2 aromatic carbocycles. The molecule has 1 fully saturated rings. The molecular formula is C22H16ClFN4O3. The van der Waals surface area contributed by atoms with Crippen LogP contribution in [0.5, 0.6) is 0 Å². The van der Waals surface area contributed by atoms with Gasteiger partial charge in [0.15, 0.2) is 11.4 Å². The molecule has 0 atom stereocenters. The van der Waals surface area contributed by atoms with Gasteiger partial charge in [-0.25, -0.2) is 14.4 Å². The molecule has 0 bridgehead atoms. The van der Waals surface area contributed by atoms with E-state index in [-0.39, 0.29) is 17.3 Å². The van der Waals surface area contributed by atoms with Gasteiger partial charge in [0.2, 0.25) is 5.89 Å². The SMILES string of the molecule is Cc1cccc(F)c1C(=O)Nc1cnc(-c2cc3oc(C4COC4)nc3cc2Cl)cn1. The number of carbonyl (C=O) groups is 1. The Bertz CT molecular complexity index is 1280. The van der Waals surface area contributed by atoms with E-state index in [1.165, 1.54) is 18.5 Å². The largest absolute Gasteiger partial charge is 0.440 e. The van der Waals surface area contributed by atoms with Gasteiger partial charge in [0.25, 0.3) is 5.91 Å². The van der Waals surface area contributed by atoms with Crippen molar-refractivity contribution in [1.29, 1.82) is 0 Å². The number of amides is 1. The van der Waals surface area contributed by atoms with E-state index in [2.05, 4.69) is 20.3 Å². The number of carbonyl (C=O) groups excluding carboxylic acids is 1.